The first-order chi connectivity index (χ1) is 9.97. The van der Waals surface area contributed by atoms with Gasteiger partial charge in [-0.3, -0.25) is 0 Å². The Morgan fingerprint density at radius 1 is 1.43 bits per heavy atom. The highest BCUT2D eigenvalue weighted by Crippen LogP contribution is 2.24. The van der Waals surface area contributed by atoms with Crippen LogP contribution < -0.4 is 10.6 Å². The van der Waals surface area contributed by atoms with Crippen LogP contribution >= 0.6 is 27.3 Å². The van der Waals surface area contributed by atoms with E-state index in [1.807, 2.05) is 12.3 Å². The molecule has 21 heavy (non-hydrogen) atoms. The summed E-state index contributed by atoms with van der Waals surface area (Å²) in [7, 11) is 0. The summed E-state index contributed by atoms with van der Waals surface area (Å²) in [5, 5.41) is 16.9. The molecular weight excluding hydrogens is 358 g/mol. The molecule has 0 fully saturated rings. The maximum Gasteiger partial charge on any atom is 0.335 e. The molecule has 3 N–H and O–H groups in total. The van der Waals surface area contributed by atoms with E-state index < -0.39 is 5.97 Å². The van der Waals surface area contributed by atoms with Crippen molar-refractivity contribution in [3.8, 4) is 0 Å². The van der Waals surface area contributed by atoms with Crippen LogP contribution in [0.2, 0.25) is 0 Å². The van der Waals surface area contributed by atoms with Gasteiger partial charge in [0, 0.05) is 16.0 Å². The Balaban J connectivity index is 2.01. The van der Waals surface area contributed by atoms with E-state index in [0.29, 0.717) is 10.2 Å². The van der Waals surface area contributed by atoms with E-state index in [2.05, 4.69) is 31.5 Å². The molecule has 6 nitrogen and oxygen atoms in total. The topological polar surface area (TPSA) is 91.3 Å². The van der Waals surface area contributed by atoms with Gasteiger partial charge in [-0.1, -0.05) is 0 Å². The highest BCUT2D eigenvalue weighted by molar-refractivity contribution is 9.10. The lowest BCUT2D eigenvalue weighted by Gasteiger charge is -2.13. The number of rotatable bonds is 4. The van der Waals surface area contributed by atoms with Crippen molar-refractivity contribution in [1.29, 1.82) is 0 Å². The van der Waals surface area contributed by atoms with E-state index in [-0.39, 0.29) is 17.6 Å². The Kier molecular flexibility index (Phi) is 4.92. The number of carboxylic acids is 1. The van der Waals surface area contributed by atoms with Gasteiger partial charge >= 0.3 is 12.0 Å². The number of aromatic nitrogens is 1. The maximum absolute atomic E-state index is 11.9. The predicted octanol–water partition coefficient (Wildman–Crippen LogP) is 3.49. The molecule has 1 heterocycles. The Labute approximate surface area is 133 Å². The normalized spacial score (nSPS) is 11.7. The maximum atomic E-state index is 11.9. The van der Waals surface area contributed by atoms with Crippen molar-refractivity contribution < 1.29 is 14.7 Å². The van der Waals surface area contributed by atoms with Gasteiger partial charge in [-0.2, -0.15) is 0 Å². The van der Waals surface area contributed by atoms with Crippen LogP contribution in [0.15, 0.2) is 34.2 Å². The highest BCUT2D eigenvalue weighted by atomic mass is 79.9. The zero-order chi connectivity index (χ0) is 15.4. The summed E-state index contributed by atoms with van der Waals surface area (Å²) in [4.78, 5) is 26.9. The molecule has 2 amide bonds. The van der Waals surface area contributed by atoms with Crippen LogP contribution in [0.4, 0.5) is 10.5 Å². The number of hydrogen-bond acceptors (Lipinski definition) is 4. The number of nitrogens with one attached hydrogen (secondary N) is 2. The second-order valence-electron chi connectivity index (χ2n) is 4.19. The molecule has 0 aliphatic rings. The van der Waals surface area contributed by atoms with Gasteiger partial charge in [0.25, 0.3) is 0 Å². The number of carbonyl (C=O) groups is 2. The molecule has 1 aromatic carbocycles. The number of benzene rings is 1. The molecule has 2 rings (SSSR count). The molecule has 1 unspecified atom stereocenters. The molecule has 0 saturated heterocycles. The molecule has 0 spiro atoms. The van der Waals surface area contributed by atoms with E-state index in [0.717, 1.165) is 5.01 Å². The smallest absolute Gasteiger partial charge is 0.335 e. The number of halogens is 1. The van der Waals surface area contributed by atoms with Gasteiger partial charge in [0.15, 0.2) is 0 Å². The zero-order valence-corrected chi connectivity index (χ0v) is 13.4. The molecule has 0 saturated carbocycles. The van der Waals surface area contributed by atoms with Crippen molar-refractivity contribution in [2.45, 2.75) is 13.0 Å². The summed E-state index contributed by atoms with van der Waals surface area (Å²) < 4.78 is 0.499. The van der Waals surface area contributed by atoms with Crippen LogP contribution in [0, 0.1) is 0 Å². The van der Waals surface area contributed by atoms with E-state index in [4.69, 9.17) is 5.11 Å². The molecule has 8 heteroatoms. The van der Waals surface area contributed by atoms with E-state index in [1.54, 1.807) is 6.20 Å². The van der Waals surface area contributed by atoms with Gasteiger partial charge in [0.05, 0.1) is 17.3 Å². The van der Waals surface area contributed by atoms with Crippen molar-refractivity contribution in [2.24, 2.45) is 0 Å². The third-order valence-electron chi connectivity index (χ3n) is 2.63. The van der Waals surface area contributed by atoms with Crippen molar-refractivity contribution in [3.63, 3.8) is 0 Å². The molecular formula is C13H12BrN3O3S. The quantitative estimate of drug-likeness (QED) is 0.768. The zero-order valence-electron chi connectivity index (χ0n) is 11.0. The summed E-state index contributed by atoms with van der Waals surface area (Å²) in [6, 6.07) is 3.79. The van der Waals surface area contributed by atoms with Crippen LogP contribution in [-0.2, 0) is 0 Å². The fraction of sp³-hybridized carbons (Fsp3) is 0.154. The minimum Gasteiger partial charge on any atom is -0.478 e. The van der Waals surface area contributed by atoms with E-state index in [9.17, 15) is 9.59 Å². The summed E-state index contributed by atoms with van der Waals surface area (Å²) >= 11 is 4.69. The lowest BCUT2D eigenvalue weighted by atomic mass is 10.2. The van der Waals surface area contributed by atoms with Gasteiger partial charge in [-0.15, -0.1) is 11.3 Å². The average Bonchev–Trinajstić information content (AvgIpc) is 2.94. The number of carboxylic acid groups (broad SMARTS) is 1. The third kappa shape index (κ3) is 4.02. The monoisotopic (exact) mass is 369 g/mol. The van der Waals surface area contributed by atoms with Crippen LogP contribution in [-0.4, -0.2) is 22.1 Å². The number of nitrogens with zero attached hydrogens (tertiary/aromatic N) is 1. The van der Waals surface area contributed by atoms with Gasteiger partial charge < -0.3 is 15.7 Å². The molecule has 0 bridgehead atoms. The second kappa shape index (κ2) is 6.68. The summed E-state index contributed by atoms with van der Waals surface area (Å²) in [6.07, 6.45) is 1.68. The minimum absolute atomic E-state index is 0.143. The average molecular weight is 370 g/mol. The van der Waals surface area contributed by atoms with Crippen LogP contribution in [0.1, 0.15) is 28.3 Å². The lowest BCUT2D eigenvalue weighted by molar-refractivity contribution is 0.0697. The number of thiazole rings is 1. The van der Waals surface area contributed by atoms with Gasteiger partial charge in [0.1, 0.15) is 5.01 Å². The van der Waals surface area contributed by atoms with E-state index >= 15 is 0 Å². The number of carbonyl (C=O) groups excluding carboxylic acids is 1. The van der Waals surface area contributed by atoms with Crippen molar-refractivity contribution in [2.75, 3.05) is 5.32 Å². The second-order valence-corrected chi connectivity index (χ2v) is 5.97. The number of anilines is 1. The van der Waals surface area contributed by atoms with Crippen LogP contribution in [0.3, 0.4) is 0 Å². The number of amides is 2. The lowest BCUT2D eigenvalue weighted by Crippen LogP contribution is -2.31. The SMILES string of the molecule is CC(NC(=O)Nc1ccc(C(=O)O)cc1Br)c1nccs1. The molecule has 1 aromatic heterocycles. The fourth-order valence-electron chi connectivity index (χ4n) is 1.61. The molecule has 110 valence electrons. The first-order valence-corrected chi connectivity index (χ1v) is 7.64. The highest BCUT2D eigenvalue weighted by Gasteiger charge is 2.13. The Hall–Kier alpha value is -1.93. The summed E-state index contributed by atoms with van der Waals surface area (Å²) in [5.74, 6) is -1.02. The Morgan fingerprint density at radius 2 is 2.19 bits per heavy atom. The molecule has 0 radical (unpaired) electrons. The largest absolute Gasteiger partial charge is 0.478 e. The Bertz CT molecular complexity index is 661. The first kappa shape index (κ1) is 15.5. The summed E-state index contributed by atoms with van der Waals surface area (Å²) in [6.45, 7) is 1.83. The van der Waals surface area contributed by atoms with Crippen molar-refractivity contribution in [3.05, 3.63) is 44.8 Å². The molecule has 1 atom stereocenters. The summed E-state index contributed by atoms with van der Waals surface area (Å²) in [5.41, 5.74) is 0.632. The molecule has 2 aromatic rings. The van der Waals surface area contributed by atoms with Crippen LogP contribution in [0.25, 0.3) is 0 Å². The van der Waals surface area contributed by atoms with E-state index in [1.165, 1.54) is 29.5 Å². The number of urea groups is 1. The fourth-order valence-corrected chi connectivity index (χ4v) is 2.74. The number of aromatic carboxylic acids is 1. The van der Waals surface area contributed by atoms with Gasteiger partial charge in [-0.25, -0.2) is 14.6 Å². The third-order valence-corrected chi connectivity index (χ3v) is 4.25. The van der Waals surface area contributed by atoms with Gasteiger partial charge in [0.2, 0.25) is 0 Å². The molecule has 0 aliphatic carbocycles. The molecule has 0 aliphatic heterocycles. The van der Waals surface area contributed by atoms with Crippen molar-refractivity contribution in [1.82, 2.24) is 10.3 Å². The van der Waals surface area contributed by atoms with Crippen LogP contribution in [0.5, 0.6) is 0 Å². The minimum atomic E-state index is -1.02. The number of hydrogen-bond donors (Lipinski definition) is 3. The van der Waals surface area contributed by atoms with Gasteiger partial charge in [-0.05, 0) is 41.1 Å². The predicted molar refractivity (Wildman–Crippen MR) is 83.8 cm³/mol. The standard InChI is InChI=1S/C13H12BrN3O3S/c1-7(11-15-4-5-21-11)16-13(20)17-10-3-2-8(12(18)19)6-9(10)14/h2-7H,1H3,(H,18,19)(H2,16,17,20). The first-order valence-electron chi connectivity index (χ1n) is 5.97. The van der Waals surface area contributed by atoms with Crippen molar-refractivity contribution >= 4 is 45.0 Å². The Morgan fingerprint density at radius 3 is 2.76 bits per heavy atom.